The second-order valence-corrected chi connectivity index (χ2v) is 7.20. The molecule has 0 bridgehead atoms. The number of nitrogens with one attached hydrogen (secondary N) is 2. The molecule has 4 rings (SSSR count). The largest absolute Gasteiger partial charge is 0.390 e. The summed E-state index contributed by atoms with van der Waals surface area (Å²) in [6, 6.07) is 6.55. The zero-order chi connectivity index (χ0) is 17.4. The van der Waals surface area contributed by atoms with E-state index >= 15 is 0 Å². The van der Waals surface area contributed by atoms with E-state index in [0.717, 1.165) is 43.0 Å². The number of hydrogen-bond donors (Lipinski definition) is 3. The van der Waals surface area contributed by atoms with Gasteiger partial charge in [0, 0.05) is 43.1 Å². The number of aliphatic hydroxyl groups is 1. The van der Waals surface area contributed by atoms with Crippen LogP contribution in [0.15, 0.2) is 24.4 Å². The van der Waals surface area contributed by atoms with Crippen LogP contribution in [0.4, 0.5) is 11.6 Å². The standard InChI is InChI=1S/C19H25N5O/c1-12-5-13(2)7-15(6-12)22-19-21-8-14-10-24(11-16(14)23-19)17-3-4-20-9-18(17)25/h5-8,17-18,20,25H,3-4,9-11H2,1-2H3,(H,21,22,23). The summed E-state index contributed by atoms with van der Waals surface area (Å²) in [6.07, 6.45) is 2.57. The number of aryl methyl sites for hydroxylation is 2. The zero-order valence-electron chi connectivity index (χ0n) is 14.8. The van der Waals surface area contributed by atoms with E-state index in [2.05, 4.69) is 52.6 Å². The van der Waals surface area contributed by atoms with Crippen molar-refractivity contribution in [3.8, 4) is 0 Å². The van der Waals surface area contributed by atoms with Gasteiger partial charge in [0.1, 0.15) is 0 Å². The molecule has 0 aliphatic carbocycles. The predicted molar refractivity (Wildman–Crippen MR) is 97.8 cm³/mol. The Bertz CT molecular complexity index is 758. The molecule has 0 radical (unpaired) electrons. The number of fused-ring (bicyclic) bond motifs is 1. The number of anilines is 2. The highest BCUT2D eigenvalue weighted by Crippen LogP contribution is 2.27. The van der Waals surface area contributed by atoms with Gasteiger partial charge in [-0.2, -0.15) is 0 Å². The molecule has 1 fully saturated rings. The van der Waals surface area contributed by atoms with E-state index < -0.39 is 0 Å². The Morgan fingerprint density at radius 2 is 2.00 bits per heavy atom. The van der Waals surface area contributed by atoms with Crippen molar-refractivity contribution in [2.24, 2.45) is 0 Å². The quantitative estimate of drug-likeness (QED) is 0.793. The van der Waals surface area contributed by atoms with Gasteiger partial charge < -0.3 is 15.7 Å². The average Bonchev–Trinajstić information content (AvgIpc) is 2.97. The number of β-amino-alcohol motifs (C(OH)–C–C–N with tert-alkyl or cyclic N) is 1. The molecule has 1 saturated heterocycles. The van der Waals surface area contributed by atoms with E-state index in [0.29, 0.717) is 12.5 Å². The summed E-state index contributed by atoms with van der Waals surface area (Å²) in [5.41, 5.74) is 5.68. The zero-order valence-corrected chi connectivity index (χ0v) is 14.8. The lowest BCUT2D eigenvalue weighted by Gasteiger charge is -2.35. The third-order valence-corrected chi connectivity index (χ3v) is 5.04. The van der Waals surface area contributed by atoms with E-state index in [4.69, 9.17) is 4.98 Å². The Hall–Kier alpha value is -2.02. The van der Waals surface area contributed by atoms with Crippen LogP contribution in [0.2, 0.25) is 0 Å². The summed E-state index contributed by atoms with van der Waals surface area (Å²) >= 11 is 0. The van der Waals surface area contributed by atoms with Crippen LogP contribution in [-0.2, 0) is 13.1 Å². The summed E-state index contributed by atoms with van der Waals surface area (Å²) in [5.74, 6) is 0.636. The Labute approximate surface area is 148 Å². The lowest BCUT2D eigenvalue weighted by atomic mass is 10.0. The smallest absolute Gasteiger partial charge is 0.227 e. The van der Waals surface area contributed by atoms with E-state index in [1.54, 1.807) is 0 Å². The van der Waals surface area contributed by atoms with Crippen molar-refractivity contribution < 1.29 is 5.11 Å². The number of nitrogens with zero attached hydrogens (tertiary/aromatic N) is 3. The van der Waals surface area contributed by atoms with E-state index in [9.17, 15) is 5.11 Å². The molecule has 6 nitrogen and oxygen atoms in total. The van der Waals surface area contributed by atoms with Gasteiger partial charge in [-0.25, -0.2) is 9.97 Å². The average molecular weight is 339 g/mol. The van der Waals surface area contributed by atoms with Crippen molar-refractivity contribution in [2.75, 3.05) is 18.4 Å². The summed E-state index contributed by atoms with van der Waals surface area (Å²) in [7, 11) is 0. The number of rotatable bonds is 3. The minimum atomic E-state index is -0.316. The molecular weight excluding hydrogens is 314 g/mol. The monoisotopic (exact) mass is 339 g/mol. The Balaban J connectivity index is 1.50. The third kappa shape index (κ3) is 3.51. The molecule has 0 amide bonds. The topological polar surface area (TPSA) is 73.3 Å². The third-order valence-electron chi connectivity index (χ3n) is 5.04. The van der Waals surface area contributed by atoms with Crippen LogP contribution in [0, 0.1) is 13.8 Å². The second-order valence-electron chi connectivity index (χ2n) is 7.20. The first-order valence-electron chi connectivity index (χ1n) is 8.91. The summed E-state index contributed by atoms with van der Waals surface area (Å²) in [5, 5.41) is 16.8. The molecule has 3 heterocycles. The van der Waals surface area contributed by atoms with Crippen LogP contribution in [-0.4, -0.2) is 45.2 Å². The van der Waals surface area contributed by atoms with Crippen molar-refractivity contribution in [1.82, 2.24) is 20.2 Å². The molecule has 0 spiro atoms. The minimum Gasteiger partial charge on any atom is -0.390 e. The number of piperidine rings is 1. The van der Waals surface area contributed by atoms with E-state index in [1.807, 2.05) is 6.20 Å². The van der Waals surface area contributed by atoms with Crippen molar-refractivity contribution in [3.05, 3.63) is 46.8 Å². The van der Waals surface area contributed by atoms with Crippen LogP contribution in [0.3, 0.4) is 0 Å². The predicted octanol–water partition coefficient (Wildman–Crippen LogP) is 1.88. The molecule has 6 heteroatoms. The van der Waals surface area contributed by atoms with Crippen molar-refractivity contribution in [3.63, 3.8) is 0 Å². The van der Waals surface area contributed by atoms with E-state index in [1.165, 1.54) is 11.1 Å². The lowest BCUT2D eigenvalue weighted by Crippen LogP contribution is -2.51. The Morgan fingerprint density at radius 1 is 1.20 bits per heavy atom. The molecule has 2 aromatic rings. The highest BCUT2D eigenvalue weighted by atomic mass is 16.3. The summed E-state index contributed by atoms with van der Waals surface area (Å²) in [6.45, 7) is 7.40. The first-order chi connectivity index (χ1) is 12.1. The molecule has 2 aliphatic heterocycles. The van der Waals surface area contributed by atoms with Crippen LogP contribution in [0.1, 0.15) is 28.8 Å². The van der Waals surface area contributed by atoms with Crippen LogP contribution in [0.5, 0.6) is 0 Å². The fourth-order valence-corrected chi connectivity index (χ4v) is 3.90. The van der Waals surface area contributed by atoms with Gasteiger partial charge in [0.25, 0.3) is 0 Å². The lowest BCUT2D eigenvalue weighted by molar-refractivity contribution is 0.0265. The summed E-state index contributed by atoms with van der Waals surface area (Å²) in [4.78, 5) is 11.5. The second kappa shape index (κ2) is 6.71. The molecule has 2 unspecified atom stereocenters. The maximum Gasteiger partial charge on any atom is 0.227 e. The van der Waals surface area contributed by atoms with Gasteiger partial charge in [-0.05, 0) is 50.1 Å². The first kappa shape index (κ1) is 16.4. The van der Waals surface area contributed by atoms with Gasteiger partial charge in [0.2, 0.25) is 5.95 Å². The highest BCUT2D eigenvalue weighted by Gasteiger charge is 2.33. The first-order valence-corrected chi connectivity index (χ1v) is 8.91. The van der Waals surface area contributed by atoms with Gasteiger partial charge in [-0.15, -0.1) is 0 Å². The SMILES string of the molecule is Cc1cc(C)cc(Nc2ncc3c(n2)CN(C2CCNCC2O)C3)c1. The molecule has 1 aromatic heterocycles. The molecule has 132 valence electrons. The number of benzene rings is 1. The molecule has 2 aliphatic rings. The maximum absolute atomic E-state index is 10.3. The maximum atomic E-state index is 10.3. The van der Waals surface area contributed by atoms with Crippen molar-refractivity contribution >= 4 is 11.6 Å². The Morgan fingerprint density at radius 3 is 2.76 bits per heavy atom. The number of aliphatic hydroxyl groups excluding tert-OH is 1. The van der Waals surface area contributed by atoms with E-state index in [-0.39, 0.29) is 12.1 Å². The van der Waals surface area contributed by atoms with Gasteiger partial charge in [-0.3, -0.25) is 4.90 Å². The highest BCUT2D eigenvalue weighted by molar-refractivity contribution is 5.56. The van der Waals surface area contributed by atoms with Gasteiger partial charge >= 0.3 is 0 Å². The molecular formula is C19H25N5O. The van der Waals surface area contributed by atoms with Gasteiger partial charge in [-0.1, -0.05) is 6.07 Å². The van der Waals surface area contributed by atoms with Gasteiger partial charge in [0.15, 0.2) is 0 Å². The van der Waals surface area contributed by atoms with Gasteiger partial charge in [0.05, 0.1) is 11.8 Å². The van der Waals surface area contributed by atoms with Crippen LogP contribution in [0.25, 0.3) is 0 Å². The molecule has 1 aromatic carbocycles. The summed E-state index contributed by atoms with van der Waals surface area (Å²) < 4.78 is 0. The number of aromatic nitrogens is 2. The van der Waals surface area contributed by atoms with Crippen molar-refractivity contribution in [1.29, 1.82) is 0 Å². The molecule has 0 saturated carbocycles. The minimum absolute atomic E-state index is 0.200. The fourth-order valence-electron chi connectivity index (χ4n) is 3.90. The fraction of sp³-hybridized carbons (Fsp3) is 0.474. The van der Waals surface area contributed by atoms with Crippen LogP contribution >= 0.6 is 0 Å². The molecule has 2 atom stereocenters. The van der Waals surface area contributed by atoms with Crippen molar-refractivity contribution in [2.45, 2.75) is 45.5 Å². The molecule has 25 heavy (non-hydrogen) atoms. The Kier molecular flexibility index (Phi) is 4.41. The van der Waals surface area contributed by atoms with Crippen LogP contribution < -0.4 is 10.6 Å². The number of hydrogen-bond acceptors (Lipinski definition) is 6. The molecule has 3 N–H and O–H groups in total. The normalized spacial score (nSPS) is 23.5.